The van der Waals surface area contributed by atoms with E-state index in [-0.39, 0.29) is 5.84 Å². The van der Waals surface area contributed by atoms with E-state index in [1.54, 1.807) is 0 Å². The highest BCUT2D eigenvalue weighted by molar-refractivity contribution is 6.31. The zero-order valence-electron chi connectivity index (χ0n) is 9.07. The summed E-state index contributed by atoms with van der Waals surface area (Å²) in [6, 6.07) is 4.44. The average Bonchev–Trinajstić information content (AvgIpc) is 2.28. The van der Waals surface area contributed by atoms with Crippen molar-refractivity contribution in [2.75, 3.05) is 7.05 Å². The lowest BCUT2D eigenvalue weighted by Crippen LogP contribution is -2.03. The van der Waals surface area contributed by atoms with Crippen molar-refractivity contribution in [1.82, 2.24) is 0 Å². The van der Waals surface area contributed by atoms with E-state index in [4.69, 9.17) is 0 Å². The third kappa shape index (κ3) is 3.82. The molecule has 0 unspecified atom stereocenters. The highest BCUT2D eigenvalue weighted by atomic mass is 19.4. The van der Waals surface area contributed by atoms with Gasteiger partial charge in [0.2, 0.25) is 0 Å². The van der Waals surface area contributed by atoms with Gasteiger partial charge >= 0.3 is 6.18 Å². The van der Waals surface area contributed by atoms with E-state index >= 15 is 0 Å². The van der Waals surface area contributed by atoms with Crippen LogP contribution in [0, 0.1) is 0 Å². The molecule has 0 heterocycles. The zero-order valence-corrected chi connectivity index (χ0v) is 9.07. The second-order valence-corrected chi connectivity index (χ2v) is 3.06. The summed E-state index contributed by atoms with van der Waals surface area (Å²) in [6.45, 7) is 3.28. The van der Waals surface area contributed by atoms with Gasteiger partial charge in [0.05, 0.1) is 17.5 Å². The van der Waals surface area contributed by atoms with Crippen LogP contribution >= 0.6 is 0 Å². The van der Waals surface area contributed by atoms with E-state index < -0.39 is 11.7 Å². The molecule has 0 aliphatic heterocycles. The minimum Gasteiger partial charge on any atom is -0.293 e. The predicted octanol–water partition coefficient (Wildman–Crippen LogP) is 3.14. The Labute approximate surface area is 96.4 Å². The van der Waals surface area contributed by atoms with Crippen LogP contribution < -0.4 is 0 Å². The largest absolute Gasteiger partial charge is 0.416 e. The fraction of sp³-hybridized carbons (Fsp3) is 0.182. The quantitative estimate of drug-likeness (QED) is 0.563. The molecule has 0 N–H and O–H groups in total. The monoisotopic (exact) mass is 241 g/mol. The number of amidine groups is 1. The fourth-order valence-electron chi connectivity index (χ4n) is 1.08. The van der Waals surface area contributed by atoms with Crippen molar-refractivity contribution >= 4 is 24.5 Å². The molecule has 90 valence electrons. The number of halogens is 3. The first kappa shape index (κ1) is 13.1. The first-order chi connectivity index (χ1) is 7.97. The van der Waals surface area contributed by atoms with Crippen molar-refractivity contribution in [3.8, 4) is 0 Å². The Balaban J connectivity index is 2.99. The number of benzene rings is 1. The van der Waals surface area contributed by atoms with Crippen molar-refractivity contribution in [1.29, 1.82) is 0 Å². The van der Waals surface area contributed by atoms with E-state index in [0.29, 0.717) is 5.69 Å². The van der Waals surface area contributed by atoms with Crippen LogP contribution in [0.5, 0.6) is 0 Å². The Morgan fingerprint density at radius 3 is 2.24 bits per heavy atom. The zero-order chi connectivity index (χ0) is 12.9. The van der Waals surface area contributed by atoms with Crippen LogP contribution in [-0.2, 0) is 6.18 Å². The van der Waals surface area contributed by atoms with Crippen LogP contribution in [0.1, 0.15) is 5.56 Å². The molecule has 0 fully saturated rings. The van der Waals surface area contributed by atoms with Crippen LogP contribution in [0.15, 0.2) is 39.2 Å². The molecule has 0 atom stereocenters. The Morgan fingerprint density at radius 2 is 1.82 bits per heavy atom. The first-order valence-corrected chi connectivity index (χ1v) is 4.62. The summed E-state index contributed by atoms with van der Waals surface area (Å²) in [5.74, 6) is 0.243. The molecule has 17 heavy (non-hydrogen) atoms. The molecule has 0 saturated heterocycles. The van der Waals surface area contributed by atoms with Gasteiger partial charge in [-0.2, -0.15) is 13.2 Å². The highest BCUT2D eigenvalue weighted by Gasteiger charge is 2.29. The fourth-order valence-corrected chi connectivity index (χ4v) is 1.08. The minimum atomic E-state index is -4.34. The van der Waals surface area contributed by atoms with Gasteiger partial charge in [0.1, 0.15) is 0 Å². The van der Waals surface area contributed by atoms with E-state index in [1.807, 2.05) is 0 Å². The van der Waals surface area contributed by atoms with E-state index in [1.165, 1.54) is 25.4 Å². The summed E-state index contributed by atoms with van der Waals surface area (Å²) in [4.78, 5) is 11.2. The molecule has 0 amide bonds. The summed E-state index contributed by atoms with van der Waals surface area (Å²) >= 11 is 0. The maximum absolute atomic E-state index is 12.3. The van der Waals surface area contributed by atoms with Gasteiger partial charge in [0.15, 0.2) is 5.84 Å². The number of rotatable bonds is 2. The van der Waals surface area contributed by atoms with Crippen LogP contribution in [0.2, 0.25) is 0 Å². The summed E-state index contributed by atoms with van der Waals surface area (Å²) < 4.78 is 36.9. The second kappa shape index (κ2) is 5.38. The molecule has 1 aromatic carbocycles. The van der Waals surface area contributed by atoms with Gasteiger partial charge < -0.3 is 0 Å². The smallest absolute Gasteiger partial charge is 0.293 e. The topological polar surface area (TPSA) is 37.1 Å². The number of alkyl halides is 3. The Hall–Kier alpha value is -1.98. The standard InChI is InChI=1S/C11H10F3N3/c1-15-7-10(16-2)17-9-5-3-8(4-6-9)11(12,13)14/h3-7H,2H2,1H3. The van der Waals surface area contributed by atoms with Crippen molar-refractivity contribution in [2.45, 2.75) is 6.18 Å². The molecule has 1 rings (SSSR count). The Kier molecular flexibility index (Phi) is 4.14. The molecule has 0 radical (unpaired) electrons. The average molecular weight is 241 g/mol. The minimum absolute atomic E-state index is 0.243. The van der Waals surface area contributed by atoms with Crippen LogP contribution in [0.3, 0.4) is 0 Å². The van der Waals surface area contributed by atoms with Crippen molar-refractivity contribution < 1.29 is 13.2 Å². The van der Waals surface area contributed by atoms with Gasteiger partial charge in [-0.05, 0) is 31.0 Å². The molecule has 0 spiro atoms. The highest BCUT2D eigenvalue weighted by Crippen LogP contribution is 2.30. The summed E-state index contributed by atoms with van der Waals surface area (Å²) in [6.07, 6.45) is -2.97. The molecule has 0 aromatic heterocycles. The van der Waals surface area contributed by atoms with Crippen LogP contribution in [-0.4, -0.2) is 25.8 Å². The number of aliphatic imine (C=N–C) groups is 3. The molecular weight excluding hydrogens is 231 g/mol. The first-order valence-electron chi connectivity index (χ1n) is 4.62. The van der Waals surface area contributed by atoms with Crippen molar-refractivity contribution in [2.24, 2.45) is 15.0 Å². The van der Waals surface area contributed by atoms with Gasteiger partial charge in [-0.3, -0.25) is 4.99 Å². The number of hydrogen-bond donors (Lipinski definition) is 0. The molecule has 0 saturated carbocycles. The van der Waals surface area contributed by atoms with Gasteiger partial charge in [0.25, 0.3) is 0 Å². The predicted molar refractivity (Wildman–Crippen MR) is 62.5 cm³/mol. The van der Waals surface area contributed by atoms with Gasteiger partial charge in [-0.15, -0.1) is 0 Å². The van der Waals surface area contributed by atoms with Crippen molar-refractivity contribution in [3.05, 3.63) is 29.8 Å². The third-order valence-electron chi connectivity index (χ3n) is 1.84. The summed E-state index contributed by atoms with van der Waals surface area (Å²) in [5.41, 5.74) is -0.353. The van der Waals surface area contributed by atoms with Gasteiger partial charge in [-0.1, -0.05) is 0 Å². The molecule has 0 aliphatic rings. The Bertz CT molecular complexity index is 444. The molecule has 0 aliphatic carbocycles. The van der Waals surface area contributed by atoms with Crippen LogP contribution in [0.25, 0.3) is 0 Å². The van der Waals surface area contributed by atoms with E-state index in [2.05, 4.69) is 21.7 Å². The maximum atomic E-state index is 12.3. The number of hydrogen-bond acceptors (Lipinski definition) is 2. The normalized spacial score (nSPS) is 13.1. The lowest BCUT2D eigenvalue weighted by molar-refractivity contribution is -0.137. The molecule has 3 nitrogen and oxygen atoms in total. The van der Waals surface area contributed by atoms with Crippen LogP contribution in [0.4, 0.5) is 18.9 Å². The molecular formula is C11H10F3N3. The van der Waals surface area contributed by atoms with Gasteiger partial charge in [0, 0.05) is 7.05 Å². The second-order valence-electron chi connectivity index (χ2n) is 3.06. The lowest BCUT2D eigenvalue weighted by Gasteiger charge is -2.05. The molecule has 6 heteroatoms. The van der Waals surface area contributed by atoms with E-state index in [9.17, 15) is 13.2 Å². The molecule has 1 aromatic rings. The van der Waals surface area contributed by atoms with Gasteiger partial charge in [-0.25, -0.2) is 9.98 Å². The maximum Gasteiger partial charge on any atom is 0.416 e. The van der Waals surface area contributed by atoms with E-state index in [0.717, 1.165) is 12.1 Å². The SMILES string of the molecule is C=NC(C=NC)=Nc1ccc(C(F)(F)F)cc1. The molecule has 0 bridgehead atoms. The summed E-state index contributed by atoms with van der Waals surface area (Å²) in [5, 5.41) is 0. The number of nitrogens with zero attached hydrogens (tertiary/aromatic N) is 3. The summed E-state index contributed by atoms with van der Waals surface area (Å²) in [7, 11) is 1.54. The Morgan fingerprint density at radius 1 is 1.24 bits per heavy atom. The lowest BCUT2D eigenvalue weighted by atomic mass is 10.2. The van der Waals surface area contributed by atoms with Crippen molar-refractivity contribution in [3.63, 3.8) is 0 Å². The third-order valence-corrected chi connectivity index (χ3v) is 1.84.